The van der Waals surface area contributed by atoms with Crippen LogP contribution in [-0.4, -0.2) is 56.4 Å². The largest absolute Gasteiger partial charge is 0.497 e. The molecule has 2 aliphatic heterocycles. The first-order valence-electron chi connectivity index (χ1n) is 11.2. The molecule has 0 spiro atoms. The minimum absolute atomic E-state index is 0.00569. The Morgan fingerprint density at radius 1 is 0.935 bits per heavy atom. The molecule has 0 unspecified atom stereocenters. The molecule has 31 heavy (non-hydrogen) atoms. The van der Waals surface area contributed by atoms with E-state index in [0.29, 0.717) is 6.54 Å². The molecule has 2 aromatic rings. The lowest BCUT2D eigenvalue weighted by atomic mass is 9.89. The van der Waals surface area contributed by atoms with Crippen LogP contribution in [0, 0.1) is 5.92 Å². The number of carbonyl (C=O) groups is 2. The fourth-order valence-electron chi connectivity index (χ4n) is 4.48. The Kier molecular flexibility index (Phi) is 6.87. The molecule has 2 saturated heterocycles. The van der Waals surface area contributed by atoms with Crippen LogP contribution in [0.5, 0.6) is 5.75 Å². The minimum atomic E-state index is -0.00569. The molecule has 0 radical (unpaired) electrons. The van der Waals surface area contributed by atoms with Crippen LogP contribution in [0.1, 0.15) is 36.0 Å². The molecule has 2 aliphatic rings. The summed E-state index contributed by atoms with van der Waals surface area (Å²) in [5, 5.41) is 3.00. The smallest absolute Gasteiger partial charge is 0.238 e. The van der Waals surface area contributed by atoms with Crippen molar-refractivity contribution in [3.05, 3.63) is 54.1 Å². The quantitative estimate of drug-likeness (QED) is 0.689. The molecule has 6 nitrogen and oxygen atoms in total. The number of likely N-dealkylation sites (tertiary alicyclic amines) is 1. The summed E-state index contributed by atoms with van der Waals surface area (Å²) in [4.78, 5) is 29.7. The molecule has 1 N–H and O–H groups in total. The van der Waals surface area contributed by atoms with E-state index in [2.05, 4.69) is 27.2 Å². The van der Waals surface area contributed by atoms with Crippen molar-refractivity contribution >= 4 is 23.1 Å². The Bertz CT molecular complexity index is 881. The SMILES string of the molecule is COc1ccc(C(=O)C2CCN(CC(=O)Nc3ccc(N4CCCC4)cc3)CC2)cc1. The molecule has 164 valence electrons. The van der Waals surface area contributed by atoms with Crippen LogP contribution in [0.2, 0.25) is 0 Å². The van der Waals surface area contributed by atoms with Crippen molar-refractivity contribution in [1.82, 2.24) is 4.90 Å². The number of carbonyl (C=O) groups excluding carboxylic acids is 2. The third-order valence-corrected chi connectivity index (χ3v) is 6.32. The molecule has 4 rings (SSSR count). The Morgan fingerprint density at radius 2 is 1.58 bits per heavy atom. The van der Waals surface area contributed by atoms with Crippen molar-refractivity contribution in [2.45, 2.75) is 25.7 Å². The van der Waals surface area contributed by atoms with Crippen molar-refractivity contribution in [2.75, 3.05) is 50.1 Å². The van der Waals surface area contributed by atoms with Crippen LogP contribution in [0.4, 0.5) is 11.4 Å². The van der Waals surface area contributed by atoms with Crippen LogP contribution < -0.4 is 15.0 Å². The number of nitrogens with zero attached hydrogens (tertiary/aromatic N) is 2. The number of methoxy groups -OCH3 is 1. The van der Waals surface area contributed by atoms with E-state index in [4.69, 9.17) is 4.74 Å². The number of hydrogen-bond acceptors (Lipinski definition) is 5. The van der Waals surface area contributed by atoms with Crippen molar-refractivity contribution in [1.29, 1.82) is 0 Å². The summed E-state index contributed by atoms with van der Waals surface area (Å²) in [6.07, 6.45) is 4.06. The van der Waals surface area contributed by atoms with Gasteiger partial charge in [0.15, 0.2) is 5.78 Å². The van der Waals surface area contributed by atoms with Gasteiger partial charge >= 0.3 is 0 Å². The number of Topliss-reactive ketones (excluding diaryl/α,β-unsaturated/α-hetero) is 1. The van der Waals surface area contributed by atoms with Crippen LogP contribution in [-0.2, 0) is 4.79 Å². The van der Waals surface area contributed by atoms with Gasteiger partial charge in [0.2, 0.25) is 5.91 Å². The van der Waals surface area contributed by atoms with Gasteiger partial charge in [-0.15, -0.1) is 0 Å². The van der Waals surface area contributed by atoms with E-state index in [9.17, 15) is 9.59 Å². The van der Waals surface area contributed by atoms with Crippen molar-refractivity contribution in [2.24, 2.45) is 5.92 Å². The molecule has 1 amide bonds. The number of ether oxygens (including phenoxy) is 1. The third kappa shape index (κ3) is 5.44. The number of nitrogens with one attached hydrogen (secondary N) is 1. The predicted octanol–water partition coefficient (Wildman–Crippen LogP) is 3.83. The van der Waals surface area contributed by atoms with Gasteiger partial charge in [-0.25, -0.2) is 0 Å². The Morgan fingerprint density at radius 3 is 2.19 bits per heavy atom. The van der Waals surface area contributed by atoms with E-state index in [1.165, 1.54) is 18.5 Å². The standard InChI is InChI=1S/C25H31N3O3/c1-31-23-10-4-19(5-11-23)25(30)20-12-16-27(17-13-20)18-24(29)26-21-6-8-22(9-7-21)28-14-2-3-15-28/h4-11,20H,2-3,12-18H2,1H3,(H,26,29). The fourth-order valence-corrected chi connectivity index (χ4v) is 4.48. The first-order chi connectivity index (χ1) is 15.1. The van der Waals surface area contributed by atoms with Crippen LogP contribution in [0.15, 0.2) is 48.5 Å². The first-order valence-corrected chi connectivity index (χ1v) is 11.2. The second kappa shape index (κ2) is 9.96. The molecular weight excluding hydrogens is 390 g/mol. The van der Waals surface area contributed by atoms with Crippen LogP contribution >= 0.6 is 0 Å². The van der Waals surface area contributed by atoms with Gasteiger partial charge in [-0.1, -0.05) is 0 Å². The second-order valence-electron chi connectivity index (χ2n) is 8.43. The zero-order valence-electron chi connectivity index (χ0n) is 18.2. The highest BCUT2D eigenvalue weighted by Crippen LogP contribution is 2.24. The van der Waals surface area contributed by atoms with Gasteiger partial charge in [-0.05, 0) is 87.3 Å². The molecule has 0 aromatic heterocycles. The van der Waals surface area contributed by atoms with Gasteiger partial charge < -0.3 is 15.0 Å². The summed E-state index contributed by atoms with van der Waals surface area (Å²) in [5.74, 6) is 0.951. The highest BCUT2D eigenvalue weighted by Gasteiger charge is 2.26. The average molecular weight is 422 g/mol. The maximum Gasteiger partial charge on any atom is 0.238 e. The number of rotatable bonds is 7. The van der Waals surface area contributed by atoms with Gasteiger partial charge in [0.25, 0.3) is 0 Å². The second-order valence-corrected chi connectivity index (χ2v) is 8.43. The van der Waals surface area contributed by atoms with E-state index in [1.807, 2.05) is 36.4 Å². The minimum Gasteiger partial charge on any atom is -0.497 e. The Labute approximate surface area is 184 Å². The summed E-state index contributed by atoms with van der Waals surface area (Å²) in [6, 6.07) is 15.4. The summed E-state index contributed by atoms with van der Waals surface area (Å²) >= 11 is 0. The Hall–Kier alpha value is -2.86. The van der Waals surface area contributed by atoms with Gasteiger partial charge in [0.05, 0.1) is 13.7 Å². The molecule has 0 atom stereocenters. The van der Waals surface area contributed by atoms with Gasteiger partial charge in [0, 0.05) is 35.9 Å². The Balaban J connectivity index is 1.22. The van der Waals surface area contributed by atoms with E-state index >= 15 is 0 Å². The number of piperidine rings is 1. The van der Waals surface area contributed by atoms with E-state index in [0.717, 1.165) is 56.0 Å². The monoisotopic (exact) mass is 421 g/mol. The summed E-state index contributed by atoms with van der Waals surface area (Å²) in [6.45, 7) is 4.10. The van der Waals surface area contributed by atoms with Crippen molar-refractivity contribution in [3.63, 3.8) is 0 Å². The molecule has 2 heterocycles. The molecule has 0 saturated carbocycles. The van der Waals surface area contributed by atoms with Crippen molar-refractivity contribution < 1.29 is 14.3 Å². The summed E-state index contributed by atoms with van der Waals surface area (Å²) < 4.78 is 5.16. The highest BCUT2D eigenvalue weighted by molar-refractivity contribution is 5.98. The third-order valence-electron chi connectivity index (χ3n) is 6.32. The number of anilines is 2. The molecule has 6 heteroatoms. The maximum absolute atomic E-state index is 12.8. The van der Waals surface area contributed by atoms with E-state index in [1.54, 1.807) is 7.11 Å². The number of amides is 1. The predicted molar refractivity (Wildman–Crippen MR) is 123 cm³/mol. The molecular formula is C25H31N3O3. The topological polar surface area (TPSA) is 61.9 Å². The zero-order chi connectivity index (χ0) is 21.6. The maximum atomic E-state index is 12.8. The molecule has 0 bridgehead atoms. The molecule has 2 aromatic carbocycles. The summed E-state index contributed by atoms with van der Waals surface area (Å²) in [7, 11) is 1.62. The van der Waals surface area contributed by atoms with E-state index in [-0.39, 0.29) is 17.6 Å². The number of ketones is 1. The van der Waals surface area contributed by atoms with Crippen molar-refractivity contribution in [3.8, 4) is 5.75 Å². The fraction of sp³-hybridized carbons (Fsp3) is 0.440. The lowest BCUT2D eigenvalue weighted by Gasteiger charge is -2.30. The first kappa shape index (κ1) is 21.4. The van der Waals surface area contributed by atoms with Gasteiger partial charge in [0.1, 0.15) is 5.75 Å². The lowest BCUT2D eigenvalue weighted by Crippen LogP contribution is -2.40. The zero-order valence-corrected chi connectivity index (χ0v) is 18.2. The van der Waals surface area contributed by atoms with Crippen LogP contribution in [0.25, 0.3) is 0 Å². The van der Waals surface area contributed by atoms with Crippen LogP contribution in [0.3, 0.4) is 0 Å². The van der Waals surface area contributed by atoms with Gasteiger partial charge in [-0.2, -0.15) is 0 Å². The van der Waals surface area contributed by atoms with Gasteiger partial charge in [-0.3, -0.25) is 14.5 Å². The number of benzene rings is 2. The number of hydrogen-bond donors (Lipinski definition) is 1. The normalized spacial score (nSPS) is 17.5. The summed E-state index contributed by atoms with van der Waals surface area (Å²) in [5.41, 5.74) is 2.78. The van der Waals surface area contributed by atoms with E-state index < -0.39 is 0 Å². The highest BCUT2D eigenvalue weighted by atomic mass is 16.5. The average Bonchev–Trinajstić information content (AvgIpc) is 3.35. The molecule has 2 fully saturated rings. The molecule has 0 aliphatic carbocycles. The lowest BCUT2D eigenvalue weighted by molar-refractivity contribution is -0.117.